The molecule has 0 spiro atoms. The van der Waals surface area contributed by atoms with E-state index in [0.717, 1.165) is 63.1 Å². The van der Waals surface area contributed by atoms with E-state index in [0.29, 0.717) is 24.9 Å². The first-order chi connectivity index (χ1) is 18.4. The summed E-state index contributed by atoms with van der Waals surface area (Å²) in [5.74, 6) is 0.518. The van der Waals surface area contributed by atoms with E-state index in [1.54, 1.807) is 0 Å². The van der Waals surface area contributed by atoms with E-state index in [-0.39, 0.29) is 35.9 Å². The smallest absolute Gasteiger partial charge is 0.286 e. The molecule has 10 heteroatoms. The minimum atomic E-state index is -0.718. The van der Waals surface area contributed by atoms with E-state index in [2.05, 4.69) is 34.3 Å². The normalized spacial score (nSPS) is 15.6. The van der Waals surface area contributed by atoms with Crippen molar-refractivity contribution < 1.29 is 18.7 Å². The number of thioether (sulfide) groups is 1. The standard InChI is InChI=1S/C29H44N4O4S.ClH/c1-5-33(6-2)17-18-38-28-32-31-26(37-28)25(34)24(19-22(3)4)30-27(35)29(15-11-8-12-16-29)21-36-20-23-13-9-7-10-14-23;/h7,9-10,13-14,22,24H,5-6,8,11-12,15-21H2,1-4H3,(H,30,35);1H. The minimum absolute atomic E-state index is 0. The molecule has 1 aliphatic rings. The number of amides is 1. The van der Waals surface area contributed by atoms with Crippen LogP contribution in [-0.2, 0) is 16.1 Å². The molecule has 1 amide bonds. The Hall–Kier alpha value is -1.94. The largest absolute Gasteiger partial charge is 0.408 e. The molecule has 1 fully saturated rings. The molecule has 218 valence electrons. The van der Waals surface area contributed by atoms with Crippen molar-refractivity contribution in [2.45, 2.75) is 84.1 Å². The molecule has 3 rings (SSSR count). The van der Waals surface area contributed by atoms with E-state index in [4.69, 9.17) is 9.15 Å². The summed E-state index contributed by atoms with van der Waals surface area (Å²) in [4.78, 5) is 29.5. The number of carbonyl (C=O) groups is 2. The van der Waals surface area contributed by atoms with Gasteiger partial charge in [0.25, 0.3) is 11.1 Å². The van der Waals surface area contributed by atoms with Gasteiger partial charge in [-0.15, -0.1) is 22.6 Å². The van der Waals surface area contributed by atoms with Crippen LogP contribution in [0.2, 0.25) is 0 Å². The van der Waals surface area contributed by atoms with Gasteiger partial charge in [0.2, 0.25) is 11.7 Å². The molecule has 0 saturated heterocycles. The number of nitrogens with one attached hydrogen (secondary N) is 1. The third-order valence-electron chi connectivity index (χ3n) is 7.26. The topological polar surface area (TPSA) is 97.6 Å². The quantitative estimate of drug-likeness (QED) is 0.196. The van der Waals surface area contributed by atoms with Crippen molar-refractivity contribution in [1.82, 2.24) is 20.4 Å². The lowest BCUT2D eigenvalue weighted by atomic mass is 9.73. The van der Waals surface area contributed by atoms with Gasteiger partial charge in [-0.3, -0.25) is 9.59 Å². The van der Waals surface area contributed by atoms with Gasteiger partial charge in [0.05, 0.1) is 24.7 Å². The van der Waals surface area contributed by atoms with E-state index in [9.17, 15) is 9.59 Å². The van der Waals surface area contributed by atoms with E-state index < -0.39 is 11.5 Å². The molecular formula is C29H45ClN4O4S. The van der Waals surface area contributed by atoms with Crippen LogP contribution in [0.3, 0.4) is 0 Å². The molecule has 1 aliphatic carbocycles. The first kappa shape index (κ1) is 33.3. The number of ketones is 1. The second-order valence-electron chi connectivity index (χ2n) is 10.6. The van der Waals surface area contributed by atoms with Crippen molar-refractivity contribution in [3.05, 3.63) is 41.8 Å². The molecule has 1 heterocycles. The first-order valence-electron chi connectivity index (χ1n) is 14.0. The first-order valence-corrected chi connectivity index (χ1v) is 15.0. The second-order valence-corrected chi connectivity index (χ2v) is 11.6. The van der Waals surface area contributed by atoms with E-state index in [1.165, 1.54) is 11.8 Å². The van der Waals surface area contributed by atoms with Crippen LogP contribution in [0.5, 0.6) is 0 Å². The summed E-state index contributed by atoms with van der Waals surface area (Å²) >= 11 is 1.45. The molecule has 1 unspecified atom stereocenters. The third-order valence-corrected chi connectivity index (χ3v) is 8.05. The van der Waals surface area contributed by atoms with Gasteiger partial charge in [0.1, 0.15) is 0 Å². The van der Waals surface area contributed by atoms with Gasteiger partial charge >= 0.3 is 0 Å². The molecular weight excluding hydrogens is 536 g/mol. The molecule has 0 radical (unpaired) electrons. The van der Waals surface area contributed by atoms with E-state index >= 15 is 0 Å². The summed E-state index contributed by atoms with van der Waals surface area (Å²) in [6.07, 6.45) is 5.07. The van der Waals surface area contributed by atoms with Crippen LogP contribution in [-0.4, -0.2) is 64.8 Å². The maximum atomic E-state index is 13.7. The van der Waals surface area contributed by atoms with Crippen molar-refractivity contribution in [2.75, 3.05) is 32.0 Å². The lowest BCUT2D eigenvalue weighted by molar-refractivity contribution is -0.138. The SMILES string of the molecule is CCN(CC)CCSc1nnc(C(=O)C(CC(C)C)NC(=O)C2(COCc3ccccc3)CCCCC2)o1.Cl. The number of rotatable bonds is 16. The number of aromatic nitrogens is 2. The Morgan fingerprint density at radius 2 is 1.79 bits per heavy atom. The second kappa shape index (κ2) is 17.0. The lowest BCUT2D eigenvalue weighted by Gasteiger charge is -2.36. The Bertz CT molecular complexity index is 994. The summed E-state index contributed by atoms with van der Waals surface area (Å²) in [5, 5.41) is 11.6. The number of benzene rings is 1. The maximum Gasteiger partial charge on any atom is 0.286 e. The fourth-order valence-corrected chi connectivity index (χ4v) is 5.70. The van der Waals surface area contributed by atoms with Gasteiger partial charge in [-0.1, -0.05) is 89.1 Å². The van der Waals surface area contributed by atoms with Crippen molar-refractivity contribution >= 4 is 35.9 Å². The molecule has 1 atom stereocenters. The summed E-state index contributed by atoms with van der Waals surface area (Å²) in [6.45, 7) is 12.0. The van der Waals surface area contributed by atoms with Crippen molar-refractivity contribution in [1.29, 1.82) is 0 Å². The Balaban J connectivity index is 0.00000533. The maximum absolute atomic E-state index is 13.7. The third kappa shape index (κ3) is 10.2. The average Bonchev–Trinajstić information content (AvgIpc) is 3.40. The van der Waals surface area contributed by atoms with E-state index in [1.807, 2.05) is 44.2 Å². The highest BCUT2D eigenvalue weighted by Crippen LogP contribution is 2.37. The predicted molar refractivity (Wildman–Crippen MR) is 157 cm³/mol. The Morgan fingerprint density at radius 3 is 2.44 bits per heavy atom. The Morgan fingerprint density at radius 1 is 1.10 bits per heavy atom. The summed E-state index contributed by atoms with van der Waals surface area (Å²) in [6, 6.07) is 9.26. The van der Waals surface area contributed by atoms with Crippen LogP contribution in [0.1, 0.15) is 82.5 Å². The number of hydrogen-bond donors (Lipinski definition) is 1. The molecule has 2 aromatic rings. The number of carbonyl (C=O) groups excluding carboxylic acids is 2. The zero-order chi connectivity index (χ0) is 27.4. The Kier molecular flexibility index (Phi) is 14.5. The fraction of sp³-hybridized carbons (Fsp3) is 0.655. The van der Waals surface area contributed by atoms with Crippen LogP contribution in [0.15, 0.2) is 40.0 Å². The van der Waals surface area contributed by atoms with Crippen LogP contribution in [0, 0.1) is 11.3 Å². The van der Waals surface area contributed by atoms with Gasteiger partial charge in [-0.05, 0) is 43.8 Å². The molecule has 0 aliphatic heterocycles. The molecule has 1 aromatic heterocycles. The fourth-order valence-electron chi connectivity index (χ4n) is 4.94. The van der Waals surface area contributed by atoms with Gasteiger partial charge in [-0.2, -0.15) is 0 Å². The monoisotopic (exact) mass is 580 g/mol. The van der Waals surface area contributed by atoms with Gasteiger partial charge in [0.15, 0.2) is 0 Å². The van der Waals surface area contributed by atoms with Gasteiger partial charge in [0, 0.05) is 12.3 Å². The Labute approximate surface area is 243 Å². The van der Waals surface area contributed by atoms with Crippen molar-refractivity contribution in [3.63, 3.8) is 0 Å². The summed E-state index contributed by atoms with van der Waals surface area (Å²) in [7, 11) is 0. The van der Waals surface area contributed by atoms with Crippen LogP contribution >= 0.6 is 24.2 Å². The number of hydrogen-bond acceptors (Lipinski definition) is 8. The molecule has 0 bridgehead atoms. The van der Waals surface area contributed by atoms with Crippen LogP contribution < -0.4 is 5.32 Å². The lowest BCUT2D eigenvalue weighted by Crippen LogP contribution is -2.51. The number of Topliss-reactive ketones (excluding diaryl/α,β-unsaturated/α-hetero) is 1. The highest BCUT2D eigenvalue weighted by atomic mass is 35.5. The van der Waals surface area contributed by atoms with Gasteiger partial charge < -0.3 is 19.4 Å². The average molecular weight is 581 g/mol. The van der Waals surface area contributed by atoms with Crippen molar-refractivity contribution in [2.24, 2.45) is 11.3 Å². The summed E-state index contributed by atoms with van der Waals surface area (Å²) in [5.41, 5.74) is 0.442. The molecule has 8 nitrogen and oxygen atoms in total. The highest BCUT2D eigenvalue weighted by Gasteiger charge is 2.42. The van der Waals surface area contributed by atoms with Crippen molar-refractivity contribution in [3.8, 4) is 0 Å². The van der Waals surface area contributed by atoms with Gasteiger partial charge in [-0.25, -0.2) is 0 Å². The molecule has 1 aromatic carbocycles. The molecule has 1 saturated carbocycles. The van der Waals surface area contributed by atoms with Crippen LogP contribution in [0.4, 0.5) is 0 Å². The zero-order valence-electron chi connectivity index (χ0n) is 23.8. The number of halogens is 1. The highest BCUT2D eigenvalue weighted by molar-refractivity contribution is 7.99. The zero-order valence-corrected chi connectivity index (χ0v) is 25.5. The number of nitrogens with zero attached hydrogens (tertiary/aromatic N) is 3. The molecule has 1 N–H and O–H groups in total. The van der Waals surface area contributed by atoms with Crippen LogP contribution in [0.25, 0.3) is 0 Å². The number of ether oxygens (including phenoxy) is 1. The molecule has 39 heavy (non-hydrogen) atoms. The predicted octanol–water partition coefficient (Wildman–Crippen LogP) is 5.81. The summed E-state index contributed by atoms with van der Waals surface area (Å²) < 4.78 is 11.8. The minimum Gasteiger partial charge on any atom is -0.408 e.